The van der Waals surface area contributed by atoms with Gasteiger partial charge in [-0.25, -0.2) is 4.98 Å². The molecular formula is C25H30ClN3O4S. The van der Waals surface area contributed by atoms with Crippen molar-refractivity contribution in [3.05, 3.63) is 54.1 Å². The second-order valence-corrected chi connectivity index (χ2v) is 8.66. The number of anilines is 1. The van der Waals surface area contributed by atoms with Gasteiger partial charge in [-0.15, -0.1) is 12.4 Å². The van der Waals surface area contributed by atoms with Crippen molar-refractivity contribution in [1.82, 2.24) is 9.88 Å². The number of hydrogen-bond acceptors (Lipinski definition) is 7. The molecule has 9 heteroatoms. The largest absolute Gasteiger partial charge is 0.495 e. The Morgan fingerprint density at radius 1 is 1.12 bits per heavy atom. The molecule has 0 saturated carbocycles. The zero-order chi connectivity index (χ0) is 23.0. The fraction of sp³-hybridized carbons (Fsp3) is 0.360. The fourth-order valence-electron chi connectivity index (χ4n) is 3.79. The number of carbonyl (C=O) groups is 1. The third kappa shape index (κ3) is 6.27. The van der Waals surface area contributed by atoms with Gasteiger partial charge in [-0.2, -0.15) is 0 Å². The average Bonchev–Trinajstić information content (AvgIpc) is 3.31. The number of fused-ring (bicyclic) bond motifs is 1. The molecule has 1 saturated heterocycles. The smallest absolute Gasteiger partial charge is 0.252 e. The molecule has 4 rings (SSSR count). The van der Waals surface area contributed by atoms with Crippen molar-refractivity contribution in [3.8, 4) is 11.5 Å². The Kier molecular flexibility index (Phi) is 9.71. The van der Waals surface area contributed by atoms with Gasteiger partial charge in [0.25, 0.3) is 5.91 Å². The molecule has 0 atom stereocenters. The van der Waals surface area contributed by atoms with Gasteiger partial charge in [-0.1, -0.05) is 41.7 Å². The molecule has 2 aromatic carbocycles. The predicted molar refractivity (Wildman–Crippen MR) is 140 cm³/mol. The zero-order valence-corrected chi connectivity index (χ0v) is 21.1. The summed E-state index contributed by atoms with van der Waals surface area (Å²) < 4.78 is 17.3. The van der Waals surface area contributed by atoms with E-state index in [9.17, 15) is 4.79 Å². The van der Waals surface area contributed by atoms with E-state index in [1.165, 1.54) is 11.3 Å². The Hall–Kier alpha value is -2.65. The quantitative estimate of drug-likeness (QED) is 0.400. The molecule has 0 N–H and O–H groups in total. The highest BCUT2D eigenvalue weighted by Crippen LogP contribution is 2.40. The van der Waals surface area contributed by atoms with Crippen LogP contribution in [0.15, 0.2) is 48.5 Å². The summed E-state index contributed by atoms with van der Waals surface area (Å²) in [6.07, 6.45) is 4.30. The van der Waals surface area contributed by atoms with E-state index in [0.717, 1.165) is 55.3 Å². The van der Waals surface area contributed by atoms with E-state index < -0.39 is 0 Å². The van der Waals surface area contributed by atoms with Crippen molar-refractivity contribution in [2.24, 2.45) is 0 Å². The number of morpholine rings is 1. The monoisotopic (exact) mass is 503 g/mol. The predicted octanol–water partition coefficient (Wildman–Crippen LogP) is 4.50. The van der Waals surface area contributed by atoms with E-state index in [4.69, 9.17) is 19.2 Å². The Bertz CT molecular complexity index is 1060. The second kappa shape index (κ2) is 12.7. The maximum atomic E-state index is 13.3. The van der Waals surface area contributed by atoms with Crippen LogP contribution in [0.1, 0.15) is 12.0 Å². The summed E-state index contributed by atoms with van der Waals surface area (Å²) >= 11 is 1.44. The lowest BCUT2D eigenvalue weighted by atomic mass is 10.2. The normalized spacial score (nSPS) is 14.2. The van der Waals surface area contributed by atoms with E-state index in [-0.39, 0.29) is 18.3 Å². The first kappa shape index (κ1) is 26.0. The summed E-state index contributed by atoms with van der Waals surface area (Å²) in [7, 11) is 3.25. The summed E-state index contributed by atoms with van der Waals surface area (Å²) in [4.78, 5) is 22.2. The number of aromatic nitrogens is 1. The van der Waals surface area contributed by atoms with Crippen LogP contribution in [0, 0.1) is 0 Å². The number of methoxy groups -OCH3 is 2. The van der Waals surface area contributed by atoms with Crippen molar-refractivity contribution in [3.63, 3.8) is 0 Å². The first-order valence-corrected chi connectivity index (χ1v) is 11.9. The van der Waals surface area contributed by atoms with Crippen LogP contribution in [0.3, 0.4) is 0 Å². The van der Waals surface area contributed by atoms with Gasteiger partial charge < -0.3 is 14.2 Å². The summed E-state index contributed by atoms with van der Waals surface area (Å²) in [5.41, 5.74) is 1.68. The Morgan fingerprint density at radius 3 is 2.53 bits per heavy atom. The Labute approximate surface area is 210 Å². The second-order valence-electron chi connectivity index (χ2n) is 7.69. The number of carbonyl (C=O) groups excluding carboxylic acids is 1. The molecule has 0 bridgehead atoms. The molecule has 1 aliphatic rings. The van der Waals surface area contributed by atoms with E-state index >= 15 is 0 Å². The summed E-state index contributed by atoms with van der Waals surface area (Å²) in [5.74, 6) is 1.28. The van der Waals surface area contributed by atoms with Crippen LogP contribution in [0.5, 0.6) is 11.5 Å². The number of halogens is 1. The van der Waals surface area contributed by atoms with Crippen LogP contribution in [-0.4, -0.2) is 69.4 Å². The topological polar surface area (TPSA) is 64.1 Å². The maximum Gasteiger partial charge on any atom is 0.252 e. The number of ether oxygens (including phenoxy) is 3. The van der Waals surface area contributed by atoms with Crippen molar-refractivity contribution >= 4 is 51.1 Å². The van der Waals surface area contributed by atoms with Crippen molar-refractivity contribution in [2.45, 2.75) is 6.42 Å². The summed E-state index contributed by atoms with van der Waals surface area (Å²) in [6, 6.07) is 13.5. The molecule has 1 amide bonds. The molecule has 34 heavy (non-hydrogen) atoms. The van der Waals surface area contributed by atoms with Crippen LogP contribution >= 0.6 is 23.7 Å². The highest BCUT2D eigenvalue weighted by atomic mass is 35.5. The SMILES string of the molecule is COc1ccc(OC)c2sc(N(CCCN3CCOCC3)C(=O)/C=C/c3ccccc3)nc12.Cl. The van der Waals surface area contributed by atoms with E-state index in [1.807, 2.05) is 48.5 Å². The van der Waals surface area contributed by atoms with Crippen LogP contribution in [0.4, 0.5) is 5.13 Å². The minimum absolute atomic E-state index is 0. The van der Waals surface area contributed by atoms with E-state index in [2.05, 4.69) is 4.90 Å². The molecular weight excluding hydrogens is 474 g/mol. The molecule has 0 spiro atoms. The number of benzene rings is 2. The molecule has 182 valence electrons. The fourth-order valence-corrected chi connectivity index (χ4v) is 4.89. The molecule has 1 aliphatic heterocycles. The summed E-state index contributed by atoms with van der Waals surface area (Å²) in [6.45, 7) is 4.86. The molecule has 0 unspecified atom stereocenters. The Balaban J connectivity index is 0.00000324. The molecule has 0 aliphatic carbocycles. The van der Waals surface area contributed by atoms with Gasteiger partial charge in [-0.3, -0.25) is 14.6 Å². The lowest BCUT2D eigenvalue weighted by Gasteiger charge is -2.27. The van der Waals surface area contributed by atoms with Crippen LogP contribution in [0.2, 0.25) is 0 Å². The van der Waals surface area contributed by atoms with Crippen molar-refractivity contribution in [2.75, 3.05) is 58.5 Å². The van der Waals surface area contributed by atoms with Gasteiger partial charge in [0.1, 0.15) is 21.7 Å². The van der Waals surface area contributed by atoms with E-state index in [0.29, 0.717) is 22.9 Å². The molecule has 0 radical (unpaired) electrons. The van der Waals surface area contributed by atoms with Gasteiger partial charge in [0, 0.05) is 32.3 Å². The highest BCUT2D eigenvalue weighted by molar-refractivity contribution is 7.22. The van der Waals surface area contributed by atoms with Crippen LogP contribution in [0.25, 0.3) is 16.3 Å². The number of thiazole rings is 1. The number of rotatable bonds is 9. The number of nitrogens with zero attached hydrogens (tertiary/aromatic N) is 3. The average molecular weight is 504 g/mol. The molecule has 1 fully saturated rings. The van der Waals surface area contributed by atoms with Crippen LogP contribution in [-0.2, 0) is 9.53 Å². The first-order valence-electron chi connectivity index (χ1n) is 11.1. The standard InChI is InChI=1S/C25H29N3O4S.ClH/c1-30-20-10-11-21(31-2)24-23(20)26-25(33-24)28(14-6-13-27-15-17-32-18-16-27)22(29)12-9-19-7-4-3-5-8-19;/h3-5,7-12H,6,13-18H2,1-2H3;1H/b12-9+;. The molecule has 2 heterocycles. The first-order chi connectivity index (χ1) is 16.2. The molecule has 3 aromatic rings. The lowest BCUT2D eigenvalue weighted by Crippen LogP contribution is -2.39. The molecule has 1 aromatic heterocycles. The molecule has 7 nitrogen and oxygen atoms in total. The number of amides is 1. The summed E-state index contributed by atoms with van der Waals surface area (Å²) in [5, 5.41) is 0.637. The Morgan fingerprint density at radius 2 is 1.82 bits per heavy atom. The third-order valence-corrected chi connectivity index (χ3v) is 6.67. The van der Waals surface area contributed by atoms with Crippen LogP contribution < -0.4 is 14.4 Å². The highest BCUT2D eigenvalue weighted by Gasteiger charge is 2.22. The van der Waals surface area contributed by atoms with Gasteiger partial charge in [-0.05, 0) is 30.2 Å². The van der Waals surface area contributed by atoms with Crippen molar-refractivity contribution in [1.29, 1.82) is 0 Å². The van der Waals surface area contributed by atoms with Gasteiger partial charge in [0.05, 0.1) is 27.4 Å². The van der Waals surface area contributed by atoms with Crippen molar-refractivity contribution < 1.29 is 19.0 Å². The van der Waals surface area contributed by atoms with Gasteiger partial charge in [0.2, 0.25) is 0 Å². The lowest BCUT2D eigenvalue weighted by molar-refractivity contribution is -0.114. The zero-order valence-electron chi connectivity index (χ0n) is 19.4. The maximum absolute atomic E-state index is 13.3. The number of hydrogen-bond donors (Lipinski definition) is 0. The minimum atomic E-state index is -0.0992. The third-order valence-electron chi connectivity index (χ3n) is 5.57. The minimum Gasteiger partial charge on any atom is -0.495 e. The van der Waals surface area contributed by atoms with E-state index in [1.54, 1.807) is 25.2 Å². The van der Waals surface area contributed by atoms with Gasteiger partial charge in [0.15, 0.2) is 5.13 Å². The van der Waals surface area contributed by atoms with Gasteiger partial charge >= 0.3 is 0 Å².